The molecule has 0 saturated heterocycles. The molecule has 28 heavy (non-hydrogen) atoms. The molecule has 2 N–H and O–H groups in total. The number of hydrogen-bond donors (Lipinski definition) is 2. The summed E-state index contributed by atoms with van der Waals surface area (Å²) in [4.78, 5) is 24.8. The lowest BCUT2D eigenvalue weighted by Crippen LogP contribution is -2.47. The minimum absolute atomic E-state index is 0.114. The van der Waals surface area contributed by atoms with Crippen LogP contribution < -0.4 is 10.6 Å². The van der Waals surface area contributed by atoms with Gasteiger partial charge in [0.15, 0.2) is 0 Å². The molecule has 0 aromatic carbocycles. The Hall–Kier alpha value is -1.14. The summed E-state index contributed by atoms with van der Waals surface area (Å²) in [6.07, 6.45) is 1.23. The Morgan fingerprint density at radius 1 is 0.679 bits per heavy atom. The highest BCUT2D eigenvalue weighted by Crippen LogP contribution is 2.13. The average molecular weight is 401 g/mol. The first-order valence-corrected chi connectivity index (χ1v) is 10.8. The molecule has 0 aromatic heterocycles. The molecule has 4 atom stereocenters. The number of ether oxygens (including phenoxy) is 2. The first-order chi connectivity index (χ1) is 12.8. The minimum atomic E-state index is -0.337. The van der Waals surface area contributed by atoms with Gasteiger partial charge in [0.1, 0.15) is 12.1 Å². The highest BCUT2D eigenvalue weighted by molar-refractivity contribution is 5.76. The second-order valence-corrected chi connectivity index (χ2v) is 9.14. The summed E-state index contributed by atoms with van der Waals surface area (Å²) in [7, 11) is 0. The Kier molecular flexibility index (Phi) is 12.6. The molecule has 0 heterocycles. The number of carbonyl (C=O) groups is 2. The number of rotatable bonds is 13. The summed E-state index contributed by atoms with van der Waals surface area (Å²) in [5.41, 5.74) is 0. The lowest BCUT2D eigenvalue weighted by Gasteiger charge is -2.27. The molecule has 0 amide bonds. The maximum absolute atomic E-state index is 12.5. The molecule has 2 unspecified atom stereocenters. The molecule has 0 saturated carbocycles. The van der Waals surface area contributed by atoms with Gasteiger partial charge in [0.2, 0.25) is 0 Å². The van der Waals surface area contributed by atoms with Crippen molar-refractivity contribution in [3.05, 3.63) is 0 Å². The fraction of sp³-hybridized carbons (Fsp3) is 0.909. The molecule has 6 nitrogen and oxygen atoms in total. The van der Waals surface area contributed by atoms with Crippen LogP contribution in [-0.4, -0.2) is 48.3 Å². The molecular formula is C22H44N2O4. The van der Waals surface area contributed by atoms with Crippen molar-refractivity contribution in [1.82, 2.24) is 10.6 Å². The van der Waals surface area contributed by atoms with E-state index in [9.17, 15) is 9.59 Å². The maximum Gasteiger partial charge on any atom is 0.323 e. The van der Waals surface area contributed by atoms with Crippen molar-refractivity contribution in [3.8, 4) is 0 Å². The highest BCUT2D eigenvalue weighted by atomic mass is 16.5. The normalized spacial score (nSPS) is 16.4. The standard InChI is InChI=1S/C22H44N2O4/c1-13(2)19(23-15(5)6)22(26)28-18(10)12-11-17(9)24-20(14(3)4)21(25)27-16(7)8/h13-20,23-24H,11-12H2,1-10H3/t17?,18?,19-,20+/m0/s1. The second-order valence-electron chi connectivity index (χ2n) is 9.14. The van der Waals surface area contributed by atoms with E-state index in [-0.39, 0.29) is 60.1 Å². The maximum atomic E-state index is 12.5. The van der Waals surface area contributed by atoms with Crippen LogP contribution in [0.1, 0.15) is 82.1 Å². The van der Waals surface area contributed by atoms with Gasteiger partial charge < -0.3 is 20.1 Å². The molecule has 0 aliphatic heterocycles. The second kappa shape index (κ2) is 13.2. The van der Waals surface area contributed by atoms with Gasteiger partial charge in [-0.3, -0.25) is 9.59 Å². The topological polar surface area (TPSA) is 76.7 Å². The SMILES string of the molecule is CC(C)N[C@H](C(=O)OC(C)CCC(C)N[C@@H](C(=O)OC(C)C)C(C)C)C(C)C. The van der Waals surface area contributed by atoms with Crippen LogP contribution in [0.4, 0.5) is 0 Å². The zero-order valence-electron chi connectivity index (χ0n) is 19.7. The van der Waals surface area contributed by atoms with Gasteiger partial charge >= 0.3 is 11.9 Å². The zero-order valence-corrected chi connectivity index (χ0v) is 19.7. The molecule has 166 valence electrons. The van der Waals surface area contributed by atoms with E-state index in [1.807, 2.05) is 69.2 Å². The summed E-state index contributed by atoms with van der Waals surface area (Å²) < 4.78 is 11.0. The lowest BCUT2D eigenvalue weighted by molar-refractivity contribution is -0.152. The molecule has 0 aromatic rings. The molecule has 0 aliphatic carbocycles. The summed E-state index contributed by atoms with van der Waals surface area (Å²) in [6, 6.07) is -0.300. The van der Waals surface area contributed by atoms with Crippen molar-refractivity contribution in [1.29, 1.82) is 0 Å². The lowest BCUT2D eigenvalue weighted by atomic mass is 10.0. The Balaban J connectivity index is 4.57. The summed E-state index contributed by atoms with van der Waals surface area (Å²) in [6.45, 7) is 19.8. The van der Waals surface area contributed by atoms with E-state index in [2.05, 4.69) is 10.6 Å². The van der Waals surface area contributed by atoms with Crippen LogP contribution in [0.2, 0.25) is 0 Å². The largest absolute Gasteiger partial charge is 0.462 e. The Morgan fingerprint density at radius 3 is 1.57 bits per heavy atom. The van der Waals surface area contributed by atoms with Crippen molar-refractivity contribution in [2.24, 2.45) is 11.8 Å². The molecule has 0 spiro atoms. The van der Waals surface area contributed by atoms with E-state index in [4.69, 9.17) is 9.47 Å². The fourth-order valence-corrected chi connectivity index (χ4v) is 2.94. The van der Waals surface area contributed by atoms with E-state index in [0.29, 0.717) is 0 Å². The van der Waals surface area contributed by atoms with Crippen molar-refractivity contribution >= 4 is 11.9 Å². The van der Waals surface area contributed by atoms with Crippen molar-refractivity contribution in [2.75, 3.05) is 0 Å². The van der Waals surface area contributed by atoms with Gasteiger partial charge in [-0.05, 0) is 52.4 Å². The molecule has 0 aliphatic rings. The predicted molar refractivity (Wildman–Crippen MR) is 114 cm³/mol. The van der Waals surface area contributed by atoms with Gasteiger partial charge in [-0.1, -0.05) is 41.5 Å². The number of carbonyl (C=O) groups excluding carboxylic acids is 2. The number of hydrogen-bond acceptors (Lipinski definition) is 6. The van der Waals surface area contributed by atoms with E-state index in [0.717, 1.165) is 12.8 Å². The summed E-state index contributed by atoms with van der Waals surface area (Å²) in [5, 5.41) is 6.65. The predicted octanol–water partition coefficient (Wildman–Crippen LogP) is 3.68. The van der Waals surface area contributed by atoms with Crippen molar-refractivity contribution < 1.29 is 19.1 Å². The van der Waals surface area contributed by atoms with Crippen molar-refractivity contribution in [2.45, 2.75) is 118 Å². The third kappa shape index (κ3) is 11.0. The van der Waals surface area contributed by atoms with Gasteiger partial charge in [0, 0.05) is 12.1 Å². The molecule has 0 fully saturated rings. The number of esters is 2. The third-order valence-electron chi connectivity index (χ3n) is 4.49. The van der Waals surface area contributed by atoms with Gasteiger partial charge in [0.25, 0.3) is 0 Å². The minimum Gasteiger partial charge on any atom is -0.462 e. The van der Waals surface area contributed by atoms with Crippen LogP contribution in [0.3, 0.4) is 0 Å². The van der Waals surface area contributed by atoms with E-state index >= 15 is 0 Å². The van der Waals surface area contributed by atoms with E-state index in [1.54, 1.807) is 0 Å². The molecular weight excluding hydrogens is 356 g/mol. The summed E-state index contributed by atoms with van der Waals surface area (Å²) in [5.74, 6) is -0.104. The van der Waals surface area contributed by atoms with Gasteiger partial charge in [-0.15, -0.1) is 0 Å². The van der Waals surface area contributed by atoms with Gasteiger partial charge in [-0.2, -0.15) is 0 Å². The van der Waals surface area contributed by atoms with Crippen LogP contribution in [-0.2, 0) is 19.1 Å². The van der Waals surface area contributed by atoms with Crippen LogP contribution in [0.25, 0.3) is 0 Å². The molecule has 0 rings (SSSR count). The Bertz CT molecular complexity index is 463. The van der Waals surface area contributed by atoms with E-state index < -0.39 is 0 Å². The average Bonchev–Trinajstić information content (AvgIpc) is 2.54. The Labute approximate surface area is 172 Å². The van der Waals surface area contributed by atoms with Crippen LogP contribution in [0.5, 0.6) is 0 Å². The smallest absolute Gasteiger partial charge is 0.323 e. The van der Waals surface area contributed by atoms with Crippen molar-refractivity contribution in [3.63, 3.8) is 0 Å². The van der Waals surface area contributed by atoms with Gasteiger partial charge in [-0.25, -0.2) is 0 Å². The number of nitrogens with one attached hydrogen (secondary N) is 2. The molecule has 0 radical (unpaired) electrons. The van der Waals surface area contributed by atoms with E-state index in [1.165, 1.54) is 0 Å². The highest BCUT2D eigenvalue weighted by Gasteiger charge is 2.27. The molecule has 0 bridgehead atoms. The first-order valence-electron chi connectivity index (χ1n) is 10.8. The third-order valence-corrected chi connectivity index (χ3v) is 4.49. The summed E-state index contributed by atoms with van der Waals surface area (Å²) >= 11 is 0. The Morgan fingerprint density at radius 2 is 1.14 bits per heavy atom. The first kappa shape index (κ1) is 26.9. The van der Waals surface area contributed by atoms with Crippen LogP contribution >= 0.6 is 0 Å². The quantitative estimate of drug-likeness (QED) is 0.459. The molecule has 6 heteroatoms. The van der Waals surface area contributed by atoms with Crippen LogP contribution in [0, 0.1) is 11.8 Å². The monoisotopic (exact) mass is 400 g/mol. The fourth-order valence-electron chi connectivity index (χ4n) is 2.94. The van der Waals surface area contributed by atoms with Crippen LogP contribution in [0.15, 0.2) is 0 Å². The zero-order chi connectivity index (χ0) is 22.0. The van der Waals surface area contributed by atoms with Gasteiger partial charge in [0.05, 0.1) is 12.2 Å².